The number of fused-ring (bicyclic) bond motifs is 1. The van der Waals surface area contributed by atoms with Gasteiger partial charge < -0.3 is 9.64 Å². The number of carbonyl (C=O) groups excluding carboxylic acids is 1. The number of amides is 1. The number of nitrogens with zero attached hydrogens (tertiary/aromatic N) is 4. The van der Waals surface area contributed by atoms with Crippen molar-refractivity contribution in [1.29, 1.82) is 0 Å². The highest BCUT2D eigenvalue weighted by molar-refractivity contribution is 7.89. The number of anilines is 1. The van der Waals surface area contributed by atoms with Crippen LogP contribution in [-0.2, 0) is 10.0 Å². The fourth-order valence-corrected chi connectivity index (χ4v) is 6.64. The number of benzene rings is 2. The highest BCUT2D eigenvalue weighted by Crippen LogP contribution is 2.34. The minimum absolute atomic E-state index is 0.209. The van der Waals surface area contributed by atoms with Gasteiger partial charge in [0.2, 0.25) is 10.0 Å². The molecule has 3 rings (SSSR count). The number of aromatic nitrogens is 1. The van der Waals surface area contributed by atoms with Gasteiger partial charge in [-0.1, -0.05) is 44.1 Å². The van der Waals surface area contributed by atoms with Gasteiger partial charge in [-0.3, -0.25) is 9.69 Å². The van der Waals surface area contributed by atoms with E-state index in [-0.39, 0.29) is 10.8 Å². The molecule has 1 heterocycles. The maximum Gasteiger partial charge on any atom is 0.260 e. The molecule has 0 saturated carbocycles. The van der Waals surface area contributed by atoms with E-state index in [1.165, 1.54) is 11.3 Å². The Hall–Kier alpha value is -2.53. The van der Waals surface area contributed by atoms with Crippen LogP contribution in [0.15, 0.2) is 47.4 Å². The predicted octanol–water partition coefficient (Wildman–Crippen LogP) is 5.49. The topological polar surface area (TPSA) is 83.1 Å². The van der Waals surface area contributed by atoms with Crippen LogP contribution >= 0.6 is 11.3 Å². The van der Waals surface area contributed by atoms with Crippen LogP contribution in [-0.4, -0.2) is 75.9 Å². The summed E-state index contributed by atoms with van der Waals surface area (Å²) in [5.74, 6) is 0.454. The molecule has 38 heavy (non-hydrogen) atoms. The Bertz CT molecular complexity index is 1280. The maximum absolute atomic E-state index is 13.7. The standard InChI is InChI=1S/C28H40N4O4S2/c1-6-8-19-31(20-9-7-2)38(34,35)23-16-14-22(15-17-23)27(33)32(21-11-18-30(3)4)28-29-26-24(36-5)12-10-13-25(26)37-28/h10,12-17H,6-9,11,18-21H2,1-5H3. The molecule has 0 radical (unpaired) electrons. The Morgan fingerprint density at radius 3 is 2.16 bits per heavy atom. The van der Waals surface area contributed by atoms with Gasteiger partial charge in [0.15, 0.2) is 5.13 Å². The van der Waals surface area contributed by atoms with E-state index in [1.807, 2.05) is 32.3 Å². The van der Waals surface area contributed by atoms with E-state index in [0.29, 0.717) is 36.1 Å². The van der Waals surface area contributed by atoms with E-state index >= 15 is 0 Å². The number of sulfonamides is 1. The van der Waals surface area contributed by atoms with Crippen LogP contribution in [0.25, 0.3) is 10.2 Å². The molecule has 1 amide bonds. The fourth-order valence-electron chi connectivity index (χ4n) is 4.12. The maximum atomic E-state index is 13.7. The van der Waals surface area contributed by atoms with Crippen molar-refractivity contribution in [3.63, 3.8) is 0 Å². The summed E-state index contributed by atoms with van der Waals surface area (Å²) in [6.07, 6.45) is 4.24. The van der Waals surface area contributed by atoms with Crippen molar-refractivity contribution in [2.24, 2.45) is 0 Å². The lowest BCUT2D eigenvalue weighted by molar-refractivity contribution is 0.0986. The Labute approximate surface area is 231 Å². The summed E-state index contributed by atoms with van der Waals surface area (Å²) in [5.41, 5.74) is 1.15. The van der Waals surface area contributed by atoms with Gasteiger partial charge in [-0.2, -0.15) is 4.31 Å². The molecule has 3 aromatic rings. The molecule has 0 aliphatic rings. The number of hydrogen-bond donors (Lipinski definition) is 0. The summed E-state index contributed by atoms with van der Waals surface area (Å²) in [5, 5.41) is 0.593. The zero-order valence-corrected chi connectivity index (χ0v) is 24.8. The van der Waals surface area contributed by atoms with Crippen molar-refractivity contribution in [2.75, 3.05) is 52.3 Å². The third-order valence-corrected chi connectivity index (χ3v) is 9.27. The molecule has 0 unspecified atom stereocenters. The summed E-state index contributed by atoms with van der Waals surface area (Å²) in [6.45, 7) is 6.41. The highest BCUT2D eigenvalue weighted by Gasteiger charge is 2.26. The zero-order valence-electron chi connectivity index (χ0n) is 23.1. The minimum atomic E-state index is -3.63. The number of methoxy groups -OCH3 is 1. The van der Waals surface area contributed by atoms with E-state index < -0.39 is 10.0 Å². The third-order valence-electron chi connectivity index (χ3n) is 6.31. The van der Waals surface area contributed by atoms with Gasteiger partial charge in [0, 0.05) is 25.2 Å². The van der Waals surface area contributed by atoms with Crippen LogP contribution in [0, 0.1) is 0 Å². The second-order valence-electron chi connectivity index (χ2n) is 9.55. The van der Waals surface area contributed by atoms with Crippen molar-refractivity contribution in [1.82, 2.24) is 14.2 Å². The van der Waals surface area contributed by atoms with Gasteiger partial charge in [-0.15, -0.1) is 0 Å². The summed E-state index contributed by atoms with van der Waals surface area (Å²) in [4.78, 5) is 22.4. The average Bonchev–Trinajstić information content (AvgIpc) is 3.34. The third kappa shape index (κ3) is 7.31. The summed E-state index contributed by atoms with van der Waals surface area (Å²) < 4.78 is 34.7. The van der Waals surface area contributed by atoms with Crippen LogP contribution in [0.3, 0.4) is 0 Å². The van der Waals surface area contributed by atoms with Gasteiger partial charge in [0.25, 0.3) is 5.91 Å². The van der Waals surface area contributed by atoms with Crippen molar-refractivity contribution in [3.05, 3.63) is 48.0 Å². The summed E-state index contributed by atoms with van der Waals surface area (Å²) in [6, 6.07) is 12.0. The van der Waals surface area contributed by atoms with Gasteiger partial charge in [-0.25, -0.2) is 13.4 Å². The summed E-state index contributed by atoms with van der Waals surface area (Å²) >= 11 is 1.44. The normalized spacial score (nSPS) is 12.0. The molecule has 0 fully saturated rings. The first-order valence-corrected chi connectivity index (χ1v) is 15.5. The van der Waals surface area contributed by atoms with Crippen molar-refractivity contribution < 1.29 is 17.9 Å². The van der Waals surface area contributed by atoms with Crippen LogP contribution in [0.1, 0.15) is 56.3 Å². The molecule has 0 N–H and O–H groups in total. The molecule has 2 aromatic carbocycles. The second-order valence-corrected chi connectivity index (χ2v) is 12.5. The Balaban J connectivity index is 1.90. The molecule has 0 saturated heterocycles. The molecule has 10 heteroatoms. The zero-order chi connectivity index (χ0) is 27.7. The van der Waals surface area contributed by atoms with Crippen molar-refractivity contribution >= 4 is 42.6 Å². The number of thiazole rings is 1. The van der Waals surface area contributed by atoms with Crippen LogP contribution < -0.4 is 9.64 Å². The Morgan fingerprint density at radius 1 is 0.921 bits per heavy atom. The molecule has 0 spiro atoms. The van der Waals surface area contributed by atoms with Gasteiger partial charge in [0.1, 0.15) is 11.3 Å². The first-order valence-electron chi connectivity index (χ1n) is 13.2. The van der Waals surface area contributed by atoms with Crippen molar-refractivity contribution in [2.45, 2.75) is 50.8 Å². The number of para-hydroxylation sites is 1. The van der Waals surface area contributed by atoms with Crippen LogP contribution in [0.4, 0.5) is 5.13 Å². The van der Waals surface area contributed by atoms with E-state index in [0.717, 1.165) is 48.9 Å². The molecule has 8 nitrogen and oxygen atoms in total. The molecule has 208 valence electrons. The summed E-state index contributed by atoms with van der Waals surface area (Å²) in [7, 11) is 1.97. The molecular formula is C28H40N4O4S2. The average molecular weight is 561 g/mol. The quantitative estimate of drug-likeness (QED) is 0.244. The minimum Gasteiger partial charge on any atom is -0.494 e. The van der Waals surface area contributed by atoms with Gasteiger partial charge in [0.05, 0.1) is 16.7 Å². The number of ether oxygens (including phenoxy) is 1. The molecular weight excluding hydrogens is 520 g/mol. The molecule has 0 aliphatic carbocycles. The molecule has 0 aliphatic heterocycles. The first kappa shape index (κ1) is 30.0. The Morgan fingerprint density at radius 2 is 1.58 bits per heavy atom. The van der Waals surface area contributed by atoms with Gasteiger partial charge in [-0.05, 0) is 76.3 Å². The number of hydrogen-bond acceptors (Lipinski definition) is 7. The molecule has 0 atom stereocenters. The van der Waals surface area contributed by atoms with Crippen LogP contribution in [0.5, 0.6) is 5.75 Å². The largest absolute Gasteiger partial charge is 0.494 e. The fraction of sp³-hybridized carbons (Fsp3) is 0.500. The second kappa shape index (κ2) is 14.0. The number of carbonyl (C=O) groups is 1. The number of rotatable bonds is 15. The van der Waals surface area contributed by atoms with Gasteiger partial charge >= 0.3 is 0 Å². The lowest BCUT2D eigenvalue weighted by Crippen LogP contribution is -2.34. The smallest absolute Gasteiger partial charge is 0.260 e. The van der Waals surface area contributed by atoms with E-state index in [9.17, 15) is 13.2 Å². The molecule has 0 bridgehead atoms. The first-order chi connectivity index (χ1) is 18.2. The SMILES string of the molecule is CCCCN(CCCC)S(=O)(=O)c1ccc(C(=O)N(CCCN(C)C)c2nc3c(OC)cccc3s2)cc1. The van der Waals surface area contributed by atoms with E-state index in [4.69, 9.17) is 9.72 Å². The lowest BCUT2D eigenvalue weighted by atomic mass is 10.2. The number of unbranched alkanes of at least 4 members (excludes halogenated alkanes) is 2. The Kier molecular flexibility index (Phi) is 11.1. The van der Waals surface area contributed by atoms with E-state index in [2.05, 4.69) is 18.7 Å². The highest BCUT2D eigenvalue weighted by atomic mass is 32.2. The predicted molar refractivity (Wildman–Crippen MR) is 156 cm³/mol. The van der Waals surface area contributed by atoms with E-state index in [1.54, 1.807) is 40.6 Å². The van der Waals surface area contributed by atoms with Crippen LogP contribution in [0.2, 0.25) is 0 Å². The monoisotopic (exact) mass is 560 g/mol. The molecule has 1 aromatic heterocycles. The lowest BCUT2D eigenvalue weighted by Gasteiger charge is -2.23. The van der Waals surface area contributed by atoms with Crippen molar-refractivity contribution in [3.8, 4) is 5.75 Å².